The molecule has 48 heavy (non-hydrogen) atoms. The Morgan fingerprint density at radius 2 is 0.917 bits per heavy atom. The van der Waals surface area contributed by atoms with Gasteiger partial charge in [0.25, 0.3) is 0 Å². The summed E-state index contributed by atoms with van der Waals surface area (Å²) in [5, 5.41) is -1.53. The fraction of sp³-hybridized carbons (Fsp3) is 0.529. The van der Waals surface area contributed by atoms with Gasteiger partial charge in [0.2, 0.25) is 0 Å². The summed E-state index contributed by atoms with van der Waals surface area (Å²) in [6, 6.07) is 2.25. The number of ether oxygens (including phenoxy) is 4. The third-order valence-electron chi connectivity index (χ3n) is 9.28. The molecular weight excluding hydrogens is 749 g/mol. The van der Waals surface area contributed by atoms with Crippen LogP contribution in [0.4, 0.5) is 0 Å². The van der Waals surface area contributed by atoms with Gasteiger partial charge in [-0.2, -0.15) is 0 Å². The Bertz CT molecular complexity index is 1570. The maximum atomic E-state index is 13.3. The summed E-state index contributed by atoms with van der Waals surface area (Å²) >= 11 is 37.6. The van der Waals surface area contributed by atoms with Crippen molar-refractivity contribution >= 4 is 93.5 Å². The second-order valence-corrected chi connectivity index (χ2v) is 17.5. The molecular formula is C34H36Cl6O8. The Balaban J connectivity index is 1.55. The Morgan fingerprint density at radius 3 is 1.19 bits per heavy atom. The van der Waals surface area contributed by atoms with Crippen molar-refractivity contribution in [2.45, 2.75) is 68.2 Å². The largest absolute Gasteiger partial charge is 0.461 e. The molecule has 0 N–H and O–H groups in total. The number of halogens is 6. The van der Waals surface area contributed by atoms with E-state index < -0.39 is 46.5 Å². The van der Waals surface area contributed by atoms with Crippen molar-refractivity contribution in [1.82, 2.24) is 0 Å². The van der Waals surface area contributed by atoms with Crippen molar-refractivity contribution in [3.05, 3.63) is 53.4 Å². The predicted molar refractivity (Wildman–Crippen MR) is 186 cm³/mol. The van der Waals surface area contributed by atoms with Gasteiger partial charge >= 0.3 is 23.9 Å². The van der Waals surface area contributed by atoms with Gasteiger partial charge in [-0.1, -0.05) is 125 Å². The minimum Gasteiger partial charge on any atom is -0.461 e. The number of hydrogen-bond acceptors (Lipinski definition) is 8. The molecule has 0 aliphatic heterocycles. The molecule has 0 spiro atoms. The average Bonchev–Trinajstić information content (AvgIpc) is 3.84. The van der Waals surface area contributed by atoms with Gasteiger partial charge in [-0.25, -0.2) is 19.2 Å². The first-order valence-corrected chi connectivity index (χ1v) is 17.3. The Labute approximate surface area is 309 Å². The summed E-state index contributed by atoms with van der Waals surface area (Å²) in [5.41, 5.74) is -1.49. The molecule has 262 valence electrons. The van der Waals surface area contributed by atoms with Crippen LogP contribution in [0.5, 0.6) is 11.5 Å². The van der Waals surface area contributed by atoms with E-state index in [-0.39, 0.29) is 65.0 Å². The second kappa shape index (κ2) is 13.6. The van der Waals surface area contributed by atoms with Crippen molar-refractivity contribution in [1.29, 1.82) is 0 Å². The zero-order valence-corrected chi connectivity index (χ0v) is 32.2. The highest BCUT2D eigenvalue weighted by atomic mass is 35.5. The van der Waals surface area contributed by atoms with Crippen molar-refractivity contribution in [2.24, 2.45) is 33.5 Å². The van der Waals surface area contributed by atoms with Gasteiger partial charge in [0.05, 0.1) is 43.3 Å². The molecule has 2 atom stereocenters. The summed E-state index contributed by atoms with van der Waals surface area (Å²) in [5.74, 6) is -5.85. The smallest absolute Gasteiger partial charge is 0.423 e. The molecule has 0 amide bonds. The molecule has 2 unspecified atom stereocenters. The van der Waals surface area contributed by atoms with Crippen LogP contribution in [0.1, 0.15) is 88.9 Å². The Kier molecular flexibility index (Phi) is 11.0. The maximum Gasteiger partial charge on any atom is 0.423 e. The quantitative estimate of drug-likeness (QED) is 0.101. The van der Waals surface area contributed by atoms with Crippen molar-refractivity contribution in [3.8, 4) is 11.5 Å². The first kappa shape index (κ1) is 38.9. The predicted octanol–water partition coefficient (Wildman–Crippen LogP) is 10.6. The third kappa shape index (κ3) is 8.16. The number of benzene rings is 2. The number of carbonyl (C=O) groups excluding carboxylic acids is 4. The number of esters is 4. The minimum atomic E-state index is -1.65. The monoisotopic (exact) mass is 782 g/mol. The number of hydrogen-bond donors (Lipinski definition) is 0. The summed E-state index contributed by atoms with van der Waals surface area (Å²) in [6.45, 7) is 16.4. The van der Waals surface area contributed by atoms with Gasteiger partial charge in [-0.3, -0.25) is 0 Å². The van der Waals surface area contributed by atoms with Gasteiger partial charge in [0, 0.05) is 10.8 Å². The summed E-state index contributed by atoms with van der Waals surface area (Å²) in [7, 11) is 0. The highest BCUT2D eigenvalue weighted by Gasteiger charge is 2.55. The fourth-order valence-corrected chi connectivity index (χ4v) is 7.88. The molecule has 0 aromatic heterocycles. The lowest BCUT2D eigenvalue weighted by atomic mass is 9.84. The number of carbonyl (C=O) groups is 4. The maximum absolute atomic E-state index is 13.3. The molecule has 0 saturated heterocycles. The first-order valence-electron chi connectivity index (χ1n) is 15.0. The minimum absolute atomic E-state index is 0.0140. The first-order chi connectivity index (χ1) is 21.9. The third-order valence-corrected chi connectivity index (χ3v) is 11.4. The van der Waals surface area contributed by atoms with Crippen LogP contribution in [0, 0.1) is 33.5 Å². The van der Waals surface area contributed by atoms with E-state index in [9.17, 15) is 19.2 Å². The lowest BCUT2D eigenvalue weighted by molar-refractivity contribution is -0.156. The molecule has 14 heteroatoms. The van der Waals surface area contributed by atoms with Crippen LogP contribution in [0.2, 0.25) is 30.1 Å². The molecule has 2 aliphatic rings. The molecule has 0 bridgehead atoms. The highest BCUT2D eigenvalue weighted by molar-refractivity contribution is 6.47. The summed E-state index contributed by atoms with van der Waals surface area (Å²) in [4.78, 5) is 52.7. The van der Waals surface area contributed by atoms with Crippen LogP contribution < -0.4 is 9.47 Å². The topological polar surface area (TPSA) is 105 Å². The van der Waals surface area contributed by atoms with Crippen LogP contribution in [0.3, 0.4) is 0 Å². The Morgan fingerprint density at radius 1 is 0.625 bits per heavy atom. The molecule has 2 aliphatic carbocycles. The van der Waals surface area contributed by atoms with Crippen LogP contribution in [-0.2, 0) is 19.1 Å². The molecule has 0 heterocycles. The zero-order valence-electron chi connectivity index (χ0n) is 27.7. The summed E-state index contributed by atoms with van der Waals surface area (Å²) < 4.78 is 21.6. The lowest BCUT2D eigenvalue weighted by Crippen LogP contribution is -2.29. The van der Waals surface area contributed by atoms with E-state index >= 15 is 0 Å². The van der Waals surface area contributed by atoms with Gasteiger partial charge < -0.3 is 18.9 Å². The van der Waals surface area contributed by atoms with E-state index in [1.807, 2.05) is 27.7 Å². The van der Waals surface area contributed by atoms with Gasteiger partial charge in [0.15, 0.2) is 11.5 Å². The lowest BCUT2D eigenvalue weighted by Gasteiger charge is -2.26. The standard InChI is InChI=1S/C34H36Cl6O8/c1-31(2)11-19(31)33(5,6)13-45-27(41)21-23(39)15(35)9-17(37)25(21)47-29(43)30(44)48-26-18(38)10-16(36)24(40)22(26)28(42)46-14-34(7,8)20-12-32(20,3)4/h9-10,19-20H,11-14H2,1-8H3. The molecule has 2 saturated carbocycles. The Hall–Kier alpha value is -1.94. The second-order valence-electron chi connectivity index (χ2n) is 15.1. The molecule has 4 rings (SSSR count). The van der Waals surface area contributed by atoms with E-state index in [2.05, 4.69) is 27.7 Å². The molecule has 2 aromatic carbocycles. The van der Waals surface area contributed by atoms with E-state index in [1.165, 1.54) is 0 Å². The SMILES string of the molecule is CC(C)(COC(=O)c1c(Cl)c(Cl)cc(Cl)c1OC(=O)C(=O)Oc1c(Cl)cc(Cl)c(Cl)c1C(=O)OCC(C)(C)C1CC1(C)C)C1CC1(C)C. The van der Waals surface area contributed by atoms with Crippen molar-refractivity contribution < 1.29 is 38.1 Å². The zero-order chi connectivity index (χ0) is 36.3. The van der Waals surface area contributed by atoms with Gasteiger partial charge in [-0.15, -0.1) is 0 Å². The van der Waals surface area contributed by atoms with Crippen molar-refractivity contribution in [2.75, 3.05) is 13.2 Å². The fourth-order valence-electron chi connectivity index (χ4n) is 6.44. The number of rotatable bonds is 10. The summed E-state index contributed by atoms with van der Waals surface area (Å²) in [6.07, 6.45) is 1.93. The molecule has 2 fully saturated rings. The molecule has 8 nitrogen and oxygen atoms in total. The van der Waals surface area contributed by atoms with E-state index in [0.717, 1.165) is 25.0 Å². The van der Waals surface area contributed by atoms with E-state index in [0.29, 0.717) is 11.8 Å². The highest BCUT2D eigenvalue weighted by Crippen LogP contribution is 2.61. The van der Waals surface area contributed by atoms with Crippen LogP contribution in [-0.4, -0.2) is 37.1 Å². The van der Waals surface area contributed by atoms with Crippen molar-refractivity contribution in [3.63, 3.8) is 0 Å². The van der Waals surface area contributed by atoms with Crippen LogP contribution in [0.15, 0.2) is 12.1 Å². The molecule has 2 aromatic rings. The van der Waals surface area contributed by atoms with Gasteiger partial charge in [-0.05, 0) is 47.6 Å². The average molecular weight is 785 g/mol. The van der Waals surface area contributed by atoms with Gasteiger partial charge in [0.1, 0.15) is 11.1 Å². The normalized spacial score (nSPS) is 19.3. The van der Waals surface area contributed by atoms with Crippen LogP contribution in [0.25, 0.3) is 0 Å². The molecule has 0 radical (unpaired) electrons. The van der Waals surface area contributed by atoms with E-state index in [4.69, 9.17) is 88.6 Å². The van der Waals surface area contributed by atoms with Crippen LogP contribution >= 0.6 is 69.6 Å². The van der Waals surface area contributed by atoms with E-state index in [1.54, 1.807) is 0 Å².